The van der Waals surface area contributed by atoms with E-state index in [1.54, 1.807) is 21.8 Å². The van der Waals surface area contributed by atoms with Crippen molar-refractivity contribution in [2.45, 2.75) is 45.8 Å². The van der Waals surface area contributed by atoms with E-state index in [-0.39, 0.29) is 17.9 Å². The van der Waals surface area contributed by atoms with Crippen LogP contribution in [0, 0.1) is 5.92 Å². The number of benzene rings is 1. The number of piperidine rings is 1. The Hall–Kier alpha value is -2.83. The predicted molar refractivity (Wildman–Crippen MR) is 107 cm³/mol. The summed E-state index contributed by atoms with van der Waals surface area (Å²) in [6.45, 7) is 7.09. The molecule has 1 saturated heterocycles. The van der Waals surface area contributed by atoms with Crippen molar-refractivity contribution in [2.24, 2.45) is 5.92 Å². The van der Waals surface area contributed by atoms with Crippen molar-refractivity contribution in [1.29, 1.82) is 0 Å². The summed E-state index contributed by atoms with van der Waals surface area (Å²) in [6, 6.07) is 11.7. The van der Waals surface area contributed by atoms with Gasteiger partial charge in [-0.25, -0.2) is 9.48 Å². The Bertz CT molecular complexity index is 811. The van der Waals surface area contributed by atoms with Crippen LogP contribution in [0.3, 0.4) is 0 Å². The van der Waals surface area contributed by atoms with Crippen LogP contribution >= 0.6 is 0 Å². The lowest BCUT2D eigenvalue weighted by molar-refractivity contribution is -0.121. The summed E-state index contributed by atoms with van der Waals surface area (Å²) in [5.41, 5.74) is 0.562. The second-order valence-electron chi connectivity index (χ2n) is 8.11. The van der Waals surface area contributed by atoms with Crippen LogP contribution in [-0.4, -0.2) is 45.4 Å². The van der Waals surface area contributed by atoms with E-state index in [1.165, 1.54) is 0 Å². The molecule has 0 saturated carbocycles. The van der Waals surface area contributed by atoms with Crippen molar-refractivity contribution in [3.8, 4) is 0 Å². The van der Waals surface area contributed by atoms with Crippen molar-refractivity contribution >= 4 is 17.8 Å². The maximum absolute atomic E-state index is 12.8. The Morgan fingerprint density at radius 1 is 1.21 bits per heavy atom. The number of nitrogens with zero attached hydrogens (tertiary/aromatic N) is 3. The molecule has 1 aliphatic heterocycles. The van der Waals surface area contributed by atoms with Crippen LogP contribution in [0.2, 0.25) is 0 Å². The number of ether oxygens (including phenoxy) is 1. The highest BCUT2D eigenvalue weighted by molar-refractivity contribution is 5.92. The van der Waals surface area contributed by atoms with Crippen LogP contribution in [0.25, 0.3) is 0 Å². The number of amides is 2. The first-order valence-electron chi connectivity index (χ1n) is 9.66. The number of hydrogen-bond acceptors (Lipinski definition) is 4. The van der Waals surface area contributed by atoms with Crippen LogP contribution in [-0.2, 0) is 16.1 Å². The quantitative estimate of drug-likeness (QED) is 0.875. The maximum atomic E-state index is 12.8. The molecular weight excluding hydrogens is 356 g/mol. The van der Waals surface area contributed by atoms with E-state index >= 15 is 0 Å². The molecule has 7 heteroatoms. The van der Waals surface area contributed by atoms with Crippen LogP contribution < -0.4 is 5.32 Å². The topological polar surface area (TPSA) is 76.5 Å². The molecule has 1 atom stereocenters. The van der Waals surface area contributed by atoms with E-state index < -0.39 is 5.60 Å². The van der Waals surface area contributed by atoms with E-state index in [0.717, 1.165) is 18.4 Å². The molecule has 2 heterocycles. The lowest BCUT2D eigenvalue weighted by Gasteiger charge is -2.33. The highest BCUT2D eigenvalue weighted by atomic mass is 16.6. The Morgan fingerprint density at radius 2 is 1.96 bits per heavy atom. The number of rotatable bonds is 4. The first kappa shape index (κ1) is 19.9. The van der Waals surface area contributed by atoms with E-state index in [0.29, 0.717) is 25.5 Å². The fourth-order valence-corrected chi connectivity index (χ4v) is 3.23. The maximum Gasteiger partial charge on any atom is 0.410 e. The van der Waals surface area contributed by atoms with Gasteiger partial charge in [-0.15, -0.1) is 0 Å². The van der Waals surface area contributed by atoms with Crippen LogP contribution in [0.1, 0.15) is 39.2 Å². The normalized spacial score (nSPS) is 17.2. The smallest absolute Gasteiger partial charge is 0.410 e. The van der Waals surface area contributed by atoms with Gasteiger partial charge in [0.15, 0.2) is 0 Å². The molecule has 0 radical (unpaired) electrons. The van der Waals surface area contributed by atoms with Crippen molar-refractivity contribution in [3.63, 3.8) is 0 Å². The predicted octanol–water partition coefficient (Wildman–Crippen LogP) is 3.52. The first-order chi connectivity index (χ1) is 13.3. The molecule has 0 aliphatic carbocycles. The standard InChI is InChI=1S/C21H28N4O3/c1-21(2,3)28-20(27)24-13-7-10-17(15-24)19(26)23-18-11-12-22-25(18)14-16-8-5-4-6-9-16/h4-6,8-9,11-12,17H,7,10,13-15H2,1-3H3,(H,23,26)/t17-/m0/s1. The lowest BCUT2D eigenvalue weighted by Crippen LogP contribution is -2.45. The van der Waals surface area contributed by atoms with Gasteiger partial charge in [-0.2, -0.15) is 5.10 Å². The van der Waals surface area contributed by atoms with Crippen molar-refractivity contribution in [2.75, 3.05) is 18.4 Å². The van der Waals surface area contributed by atoms with E-state index in [4.69, 9.17) is 4.74 Å². The molecule has 2 amide bonds. The van der Waals surface area contributed by atoms with Crippen molar-refractivity contribution in [3.05, 3.63) is 48.2 Å². The fourth-order valence-electron chi connectivity index (χ4n) is 3.23. The number of hydrogen-bond donors (Lipinski definition) is 1. The Morgan fingerprint density at radius 3 is 2.68 bits per heavy atom. The first-order valence-corrected chi connectivity index (χ1v) is 9.66. The molecule has 3 rings (SSSR count). The zero-order chi connectivity index (χ0) is 20.1. The van der Waals surface area contributed by atoms with E-state index in [9.17, 15) is 9.59 Å². The molecule has 28 heavy (non-hydrogen) atoms. The molecule has 0 spiro atoms. The van der Waals surface area contributed by atoms with Gasteiger partial charge < -0.3 is 15.0 Å². The number of likely N-dealkylation sites (tertiary alicyclic amines) is 1. The summed E-state index contributed by atoms with van der Waals surface area (Å²) < 4.78 is 7.20. The highest BCUT2D eigenvalue weighted by Gasteiger charge is 2.31. The largest absolute Gasteiger partial charge is 0.444 e. The van der Waals surface area contributed by atoms with Crippen molar-refractivity contribution < 1.29 is 14.3 Å². The average molecular weight is 384 g/mol. The number of carbonyl (C=O) groups excluding carboxylic acids is 2. The van der Waals surface area contributed by atoms with E-state index in [2.05, 4.69) is 10.4 Å². The van der Waals surface area contributed by atoms with Crippen LogP contribution in [0.5, 0.6) is 0 Å². The Kier molecular flexibility index (Phi) is 6.02. The van der Waals surface area contributed by atoms with Gasteiger partial charge in [0, 0.05) is 19.2 Å². The van der Waals surface area contributed by atoms with Crippen LogP contribution in [0.4, 0.5) is 10.6 Å². The molecule has 1 aromatic carbocycles. The zero-order valence-electron chi connectivity index (χ0n) is 16.7. The van der Waals surface area contributed by atoms with Crippen molar-refractivity contribution in [1.82, 2.24) is 14.7 Å². The molecule has 1 aliphatic rings. The van der Waals surface area contributed by atoms with Gasteiger partial charge in [0.1, 0.15) is 11.4 Å². The average Bonchev–Trinajstić information content (AvgIpc) is 3.08. The minimum atomic E-state index is -0.545. The lowest BCUT2D eigenvalue weighted by atomic mass is 9.97. The van der Waals surface area contributed by atoms with Gasteiger partial charge in [-0.3, -0.25) is 4.79 Å². The SMILES string of the molecule is CC(C)(C)OC(=O)N1CCC[C@H](C(=O)Nc2ccnn2Cc2ccccc2)C1. The number of aromatic nitrogens is 2. The third kappa shape index (κ3) is 5.34. The fraction of sp³-hybridized carbons (Fsp3) is 0.476. The van der Waals surface area contributed by atoms with Gasteiger partial charge in [0.05, 0.1) is 18.7 Å². The second-order valence-corrected chi connectivity index (χ2v) is 8.11. The highest BCUT2D eigenvalue weighted by Crippen LogP contribution is 2.21. The molecule has 7 nitrogen and oxygen atoms in total. The summed E-state index contributed by atoms with van der Waals surface area (Å²) in [4.78, 5) is 26.7. The van der Waals surface area contributed by atoms with Gasteiger partial charge in [0.25, 0.3) is 0 Å². The minimum absolute atomic E-state index is 0.0944. The van der Waals surface area contributed by atoms with Gasteiger partial charge >= 0.3 is 6.09 Å². The third-order valence-corrected chi connectivity index (χ3v) is 4.59. The Balaban J connectivity index is 1.61. The van der Waals surface area contributed by atoms with Gasteiger partial charge in [0.2, 0.25) is 5.91 Å². The minimum Gasteiger partial charge on any atom is -0.444 e. The summed E-state index contributed by atoms with van der Waals surface area (Å²) in [5.74, 6) is 0.299. The zero-order valence-corrected chi connectivity index (χ0v) is 16.7. The molecule has 150 valence electrons. The Labute approximate surface area is 165 Å². The number of carbonyl (C=O) groups is 2. The summed E-state index contributed by atoms with van der Waals surface area (Å²) >= 11 is 0. The molecule has 1 N–H and O–H groups in total. The number of nitrogens with one attached hydrogen (secondary N) is 1. The summed E-state index contributed by atoms with van der Waals surface area (Å²) in [6.07, 6.45) is 2.84. The monoisotopic (exact) mass is 384 g/mol. The van der Waals surface area contributed by atoms with Gasteiger partial charge in [-0.05, 0) is 39.2 Å². The molecule has 0 unspecified atom stereocenters. The summed E-state index contributed by atoms with van der Waals surface area (Å²) in [5, 5.41) is 7.28. The summed E-state index contributed by atoms with van der Waals surface area (Å²) in [7, 11) is 0. The van der Waals surface area contributed by atoms with Gasteiger partial charge in [-0.1, -0.05) is 30.3 Å². The third-order valence-electron chi connectivity index (χ3n) is 4.59. The molecule has 1 aromatic heterocycles. The van der Waals surface area contributed by atoms with E-state index in [1.807, 2.05) is 51.1 Å². The van der Waals surface area contributed by atoms with Crippen LogP contribution in [0.15, 0.2) is 42.6 Å². The molecule has 0 bridgehead atoms. The second kappa shape index (κ2) is 8.46. The number of anilines is 1. The molecule has 2 aromatic rings. The molecular formula is C21H28N4O3. The molecule has 1 fully saturated rings.